The first-order valence-corrected chi connectivity index (χ1v) is 8.71. The van der Waals surface area contributed by atoms with Gasteiger partial charge in [0.15, 0.2) is 0 Å². The highest BCUT2D eigenvalue weighted by atomic mass is 16.5. The Morgan fingerprint density at radius 3 is 2.48 bits per heavy atom. The third-order valence-electron chi connectivity index (χ3n) is 4.20. The molecule has 0 saturated carbocycles. The third kappa shape index (κ3) is 10.3. The van der Waals surface area contributed by atoms with E-state index in [1.807, 2.05) is 0 Å². The average molecular weight is 292 g/mol. The average Bonchev–Trinajstić information content (AvgIpc) is 3.01. The number of hydrogen-bond acceptors (Lipinski definition) is 2. The highest BCUT2D eigenvalue weighted by molar-refractivity contribution is 5.68. The van der Waals surface area contributed by atoms with E-state index in [0.717, 1.165) is 25.2 Å². The lowest BCUT2D eigenvalue weighted by Gasteiger charge is -2.06. The normalized spacial score (nSPS) is 17.7. The van der Waals surface area contributed by atoms with Crippen molar-refractivity contribution in [2.45, 2.75) is 77.0 Å². The molecule has 1 aliphatic carbocycles. The standard InChI is InChI=1S/C19H32O2/c1-21-19(20)17-11-9-7-5-3-2-4-6-8-10-14-18-15-12-13-16-18/h3,5,12,15,18H,2,4,6-11,13-14,16-17H2,1H3/b5-3+. The molecule has 0 aromatic heterocycles. The lowest BCUT2D eigenvalue weighted by molar-refractivity contribution is -0.140. The van der Waals surface area contributed by atoms with Crippen molar-refractivity contribution in [2.75, 3.05) is 7.11 Å². The molecule has 1 atom stereocenters. The summed E-state index contributed by atoms with van der Waals surface area (Å²) in [5.74, 6) is 0.793. The second-order valence-corrected chi connectivity index (χ2v) is 6.05. The Morgan fingerprint density at radius 1 is 1.10 bits per heavy atom. The van der Waals surface area contributed by atoms with E-state index in [0.29, 0.717) is 6.42 Å². The minimum atomic E-state index is -0.0907. The van der Waals surface area contributed by atoms with Gasteiger partial charge in [0.25, 0.3) is 0 Å². The van der Waals surface area contributed by atoms with E-state index in [1.165, 1.54) is 58.5 Å². The van der Waals surface area contributed by atoms with Crippen molar-refractivity contribution in [3.05, 3.63) is 24.3 Å². The van der Waals surface area contributed by atoms with Crippen molar-refractivity contribution >= 4 is 5.97 Å². The quantitative estimate of drug-likeness (QED) is 0.266. The monoisotopic (exact) mass is 292 g/mol. The minimum Gasteiger partial charge on any atom is -0.469 e. The van der Waals surface area contributed by atoms with Crippen LogP contribution in [0.3, 0.4) is 0 Å². The highest BCUT2D eigenvalue weighted by Crippen LogP contribution is 2.23. The maximum atomic E-state index is 10.9. The van der Waals surface area contributed by atoms with Crippen LogP contribution in [-0.4, -0.2) is 13.1 Å². The molecule has 120 valence electrons. The predicted molar refractivity (Wildman–Crippen MR) is 89.2 cm³/mol. The van der Waals surface area contributed by atoms with E-state index in [-0.39, 0.29) is 5.97 Å². The number of unbranched alkanes of at least 4 members (excludes halogenated alkanes) is 6. The molecule has 0 aromatic rings. The Kier molecular flexibility index (Phi) is 10.9. The Labute approximate surface area is 130 Å². The summed E-state index contributed by atoms with van der Waals surface area (Å²) in [5.41, 5.74) is 0. The van der Waals surface area contributed by atoms with Gasteiger partial charge in [0.1, 0.15) is 0 Å². The van der Waals surface area contributed by atoms with Crippen LogP contribution < -0.4 is 0 Å². The molecule has 0 aliphatic heterocycles. The Hall–Kier alpha value is -1.05. The van der Waals surface area contributed by atoms with Crippen LogP contribution in [-0.2, 0) is 9.53 Å². The molecule has 0 fully saturated rings. The molecule has 0 amide bonds. The van der Waals surface area contributed by atoms with Crippen LogP contribution in [0.4, 0.5) is 0 Å². The maximum absolute atomic E-state index is 10.9. The first-order chi connectivity index (χ1) is 10.3. The first-order valence-electron chi connectivity index (χ1n) is 8.71. The van der Waals surface area contributed by atoms with E-state index in [4.69, 9.17) is 0 Å². The molecule has 1 unspecified atom stereocenters. The molecule has 2 heteroatoms. The fraction of sp³-hybridized carbons (Fsp3) is 0.737. The van der Waals surface area contributed by atoms with Gasteiger partial charge in [-0.2, -0.15) is 0 Å². The summed E-state index contributed by atoms with van der Waals surface area (Å²) >= 11 is 0. The van der Waals surface area contributed by atoms with Gasteiger partial charge in [-0.25, -0.2) is 0 Å². The molecule has 0 aromatic carbocycles. The molecule has 0 heterocycles. The van der Waals surface area contributed by atoms with Crippen LogP contribution in [0.1, 0.15) is 77.0 Å². The Morgan fingerprint density at radius 2 is 1.81 bits per heavy atom. The van der Waals surface area contributed by atoms with Gasteiger partial charge < -0.3 is 4.74 Å². The molecule has 0 radical (unpaired) electrons. The van der Waals surface area contributed by atoms with E-state index in [2.05, 4.69) is 29.0 Å². The number of esters is 1. The van der Waals surface area contributed by atoms with E-state index < -0.39 is 0 Å². The largest absolute Gasteiger partial charge is 0.469 e. The zero-order valence-corrected chi connectivity index (χ0v) is 13.7. The van der Waals surface area contributed by atoms with Crippen LogP contribution in [0.5, 0.6) is 0 Å². The SMILES string of the molecule is COC(=O)CCCC/C=C/CCCCCCC1C=CCC1. The zero-order valence-electron chi connectivity index (χ0n) is 13.7. The van der Waals surface area contributed by atoms with Crippen molar-refractivity contribution in [3.8, 4) is 0 Å². The summed E-state index contributed by atoms with van der Waals surface area (Å²) < 4.78 is 4.61. The van der Waals surface area contributed by atoms with Crippen molar-refractivity contribution in [1.29, 1.82) is 0 Å². The predicted octanol–water partition coefficient (Wildman–Crippen LogP) is 5.58. The van der Waals surface area contributed by atoms with Crippen molar-refractivity contribution < 1.29 is 9.53 Å². The van der Waals surface area contributed by atoms with Crippen LogP contribution in [0, 0.1) is 5.92 Å². The summed E-state index contributed by atoms with van der Waals surface area (Å²) in [6, 6.07) is 0. The van der Waals surface area contributed by atoms with Crippen LogP contribution in [0.15, 0.2) is 24.3 Å². The fourth-order valence-corrected chi connectivity index (χ4v) is 2.83. The van der Waals surface area contributed by atoms with Gasteiger partial charge in [-0.05, 0) is 57.3 Å². The lowest BCUT2D eigenvalue weighted by Crippen LogP contribution is -1.98. The second kappa shape index (κ2) is 12.7. The Bertz CT molecular complexity index is 318. The number of hydrogen-bond donors (Lipinski definition) is 0. The van der Waals surface area contributed by atoms with Crippen LogP contribution in [0.2, 0.25) is 0 Å². The molecule has 0 N–H and O–H groups in total. The van der Waals surface area contributed by atoms with Crippen molar-refractivity contribution in [3.63, 3.8) is 0 Å². The van der Waals surface area contributed by atoms with Gasteiger partial charge in [-0.3, -0.25) is 4.79 Å². The molecule has 2 nitrogen and oxygen atoms in total. The number of ether oxygens (including phenoxy) is 1. The molecule has 0 bridgehead atoms. The lowest BCUT2D eigenvalue weighted by atomic mass is 10.00. The molecule has 0 spiro atoms. The van der Waals surface area contributed by atoms with Gasteiger partial charge in [0.05, 0.1) is 7.11 Å². The molecular formula is C19H32O2. The molecule has 0 saturated heterocycles. The minimum absolute atomic E-state index is 0.0907. The van der Waals surface area contributed by atoms with Crippen molar-refractivity contribution in [2.24, 2.45) is 5.92 Å². The van der Waals surface area contributed by atoms with Crippen LogP contribution >= 0.6 is 0 Å². The fourth-order valence-electron chi connectivity index (χ4n) is 2.83. The first kappa shape index (κ1) is 18.0. The Balaban J connectivity index is 1.78. The number of carbonyl (C=O) groups is 1. The number of allylic oxidation sites excluding steroid dienone is 4. The molecule has 1 aliphatic rings. The van der Waals surface area contributed by atoms with E-state index in [9.17, 15) is 4.79 Å². The maximum Gasteiger partial charge on any atom is 0.305 e. The van der Waals surface area contributed by atoms with E-state index in [1.54, 1.807) is 0 Å². The van der Waals surface area contributed by atoms with Gasteiger partial charge in [-0.1, -0.05) is 43.6 Å². The van der Waals surface area contributed by atoms with Gasteiger partial charge in [-0.15, -0.1) is 0 Å². The van der Waals surface area contributed by atoms with Crippen molar-refractivity contribution in [1.82, 2.24) is 0 Å². The molecule has 1 rings (SSSR count). The summed E-state index contributed by atoms with van der Waals surface area (Å²) in [4.78, 5) is 10.9. The third-order valence-corrected chi connectivity index (χ3v) is 4.20. The van der Waals surface area contributed by atoms with Gasteiger partial charge >= 0.3 is 5.97 Å². The summed E-state index contributed by atoms with van der Waals surface area (Å²) in [6.45, 7) is 0. The van der Waals surface area contributed by atoms with Gasteiger partial charge in [0.2, 0.25) is 0 Å². The zero-order chi connectivity index (χ0) is 15.2. The number of carbonyl (C=O) groups excluding carboxylic acids is 1. The summed E-state index contributed by atoms with van der Waals surface area (Å²) in [5, 5.41) is 0. The molecule has 21 heavy (non-hydrogen) atoms. The smallest absolute Gasteiger partial charge is 0.305 e. The number of methoxy groups -OCH3 is 1. The van der Waals surface area contributed by atoms with Gasteiger partial charge in [0, 0.05) is 6.42 Å². The number of rotatable bonds is 12. The summed E-state index contributed by atoms with van der Waals surface area (Å²) in [6.07, 6.45) is 23.7. The highest BCUT2D eigenvalue weighted by Gasteiger charge is 2.07. The second-order valence-electron chi connectivity index (χ2n) is 6.05. The topological polar surface area (TPSA) is 26.3 Å². The summed E-state index contributed by atoms with van der Waals surface area (Å²) in [7, 11) is 1.45. The van der Waals surface area contributed by atoms with E-state index >= 15 is 0 Å². The molecular weight excluding hydrogens is 260 g/mol. The van der Waals surface area contributed by atoms with Crippen LogP contribution in [0.25, 0.3) is 0 Å².